The molecule has 0 saturated heterocycles. The van der Waals surface area contributed by atoms with Crippen LogP contribution in [-0.4, -0.2) is 28.9 Å². The van der Waals surface area contributed by atoms with Crippen LogP contribution in [0.1, 0.15) is 41.0 Å². The van der Waals surface area contributed by atoms with Crippen molar-refractivity contribution in [2.24, 2.45) is 7.05 Å². The van der Waals surface area contributed by atoms with Crippen LogP contribution >= 0.6 is 0 Å². The SMILES string of the molecule is CCC(NC(=O)c1cnn(C)c1C)c1ccc2c(c1)OCCO2. The fourth-order valence-corrected chi connectivity index (χ4v) is 2.66. The number of aromatic nitrogens is 2. The van der Waals surface area contributed by atoms with Gasteiger partial charge in [-0.15, -0.1) is 0 Å². The molecule has 0 bridgehead atoms. The van der Waals surface area contributed by atoms with E-state index >= 15 is 0 Å². The van der Waals surface area contributed by atoms with Gasteiger partial charge in [-0.2, -0.15) is 5.10 Å². The Morgan fingerprint density at radius 1 is 1.35 bits per heavy atom. The minimum atomic E-state index is -0.114. The van der Waals surface area contributed by atoms with Crippen molar-refractivity contribution in [3.63, 3.8) is 0 Å². The lowest BCUT2D eigenvalue weighted by molar-refractivity contribution is 0.0934. The van der Waals surface area contributed by atoms with E-state index in [4.69, 9.17) is 9.47 Å². The maximum Gasteiger partial charge on any atom is 0.255 e. The van der Waals surface area contributed by atoms with Crippen LogP contribution in [0.3, 0.4) is 0 Å². The Kier molecular flexibility index (Phi) is 4.23. The molecule has 1 aliphatic rings. The third kappa shape index (κ3) is 3.02. The summed E-state index contributed by atoms with van der Waals surface area (Å²) in [6.07, 6.45) is 2.38. The van der Waals surface area contributed by atoms with Gasteiger partial charge in [0.2, 0.25) is 0 Å². The first kappa shape index (κ1) is 15.4. The Morgan fingerprint density at radius 2 is 2.09 bits per heavy atom. The highest BCUT2D eigenvalue weighted by molar-refractivity contribution is 5.95. The van der Waals surface area contributed by atoms with E-state index < -0.39 is 0 Å². The van der Waals surface area contributed by atoms with Crippen LogP contribution in [0, 0.1) is 6.92 Å². The Labute approximate surface area is 135 Å². The number of fused-ring (bicyclic) bond motifs is 1. The molecule has 6 nitrogen and oxygen atoms in total. The van der Waals surface area contributed by atoms with Crippen molar-refractivity contribution in [1.29, 1.82) is 0 Å². The topological polar surface area (TPSA) is 65.4 Å². The van der Waals surface area contributed by atoms with E-state index in [1.54, 1.807) is 10.9 Å². The Bertz CT molecular complexity index is 724. The van der Waals surface area contributed by atoms with Crippen LogP contribution in [0.2, 0.25) is 0 Å². The second-order valence-corrected chi connectivity index (χ2v) is 5.60. The van der Waals surface area contributed by atoms with Gasteiger partial charge in [0.1, 0.15) is 13.2 Å². The molecule has 1 atom stereocenters. The molecule has 0 saturated carbocycles. The van der Waals surface area contributed by atoms with Gasteiger partial charge >= 0.3 is 0 Å². The molecule has 23 heavy (non-hydrogen) atoms. The number of nitrogens with zero attached hydrogens (tertiary/aromatic N) is 2. The van der Waals surface area contributed by atoms with Crippen molar-refractivity contribution < 1.29 is 14.3 Å². The van der Waals surface area contributed by atoms with Gasteiger partial charge in [0.05, 0.1) is 17.8 Å². The monoisotopic (exact) mass is 315 g/mol. The fourth-order valence-electron chi connectivity index (χ4n) is 2.66. The lowest BCUT2D eigenvalue weighted by Gasteiger charge is -2.22. The number of benzene rings is 1. The van der Waals surface area contributed by atoms with Gasteiger partial charge in [-0.3, -0.25) is 9.48 Å². The van der Waals surface area contributed by atoms with Crippen LogP contribution in [0.5, 0.6) is 11.5 Å². The fraction of sp³-hybridized carbons (Fsp3) is 0.412. The molecule has 0 spiro atoms. The highest BCUT2D eigenvalue weighted by atomic mass is 16.6. The smallest absolute Gasteiger partial charge is 0.255 e. The largest absolute Gasteiger partial charge is 0.486 e. The second-order valence-electron chi connectivity index (χ2n) is 5.60. The minimum Gasteiger partial charge on any atom is -0.486 e. The van der Waals surface area contributed by atoms with Crippen molar-refractivity contribution in [2.45, 2.75) is 26.3 Å². The number of nitrogens with one attached hydrogen (secondary N) is 1. The van der Waals surface area contributed by atoms with Gasteiger partial charge < -0.3 is 14.8 Å². The quantitative estimate of drug-likeness (QED) is 0.941. The third-order valence-corrected chi connectivity index (χ3v) is 4.16. The molecule has 122 valence electrons. The normalized spacial score (nSPS) is 14.4. The summed E-state index contributed by atoms with van der Waals surface area (Å²) in [5.41, 5.74) is 2.45. The zero-order valence-electron chi connectivity index (χ0n) is 13.6. The summed E-state index contributed by atoms with van der Waals surface area (Å²) in [5, 5.41) is 7.19. The molecule has 6 heteroatoms. The van der Waals surface area contributed by atoms with Gasteiger partial charge in [-0.1, -0.05) is 13.0 Å². The van der Waals surface area contributed by atoms with E-state index in [-0.39, 0.29) is 11.9 Å². The average molecular weight is 315 g/mol. The van der Waals surface area contributed by atoms with E-state index in [1.165, 1.54) is 0 Å². The molecule has 2 aromatic rings. The summed E-state index contributed by atoms with van der Waals surface area (Å²) < 4.78 is 12.9. The minimum absolute atomic E-state index is 0.0852. The van der Waals surface area contributed by atoms with Crippen molar-refractivity contribution in [2.75, 3.05) is 13.2 Å². The van der Waals surface area contributed by atoms with E-state index in [0.717, 1.165) is 29.2 Å². The number of ether oxygens (including phenoxy) is 2. The van der Waals surface area contributed by atoms with Crippen LogP contribution in [0.4, 0.5) is 0 Å². The number of aryl methyl sites for hydroxylation is 1. The molecule has 0 aliphatic carbocycles. The van der Waals surface area contributed by atoms with Gasteiger partial charge in [0.25, 0.3) is 5.91 Å². The summed E-state index contributed by atoms with van der Waals surface area (Å²) in [4.78, 5) is 12.5. The molecular formula is C17H21N3O3. The molecule has 1 aromatic carbocycles. The molecule has 3 rings (SSSR count). The van der Waals surface area contributed by atoms with Crippen molar-refractivity contribution in [3.8, 4) is 11.5 Å². The molecule has 2 heterocycles. The van der Waals surface area contributed by atoms with Gasteiger partial charge in [-0.05, 0) is 31.0 Å². The number of rotatable bonds is 4. The van der Waals surface area contributed by atoms with Gasteiger partial charge in [0, 0.05) is 12.7 Å². The van der Waals surface area contributed by atoms with Crippen LogP contribution < -0.4 is 14.8 Å². The zero-order valence-corrected chi connectivity index (χ0v) is 13.6. The van der Waals surface area contributed by atoms with Crippen molar-refractivity contribution >= 4 is 5.91 Å². The number of carbonyl (C=O) groups excluding carboxylic acids is 1. The van der Waals surface area contributed by atoms with Crippen LogP contribution in [0.15, 0.2) is 24.4 Å². The summed E-state index contributed by atoms with van der Waals surface area (Å²) in [7, 11) is 1.82. The van der Waals surface area contributed by atoms with Crippen LogP contribution in [0.25, 0.3) is 0 Å². The number of hydrogen-bond acceptors (Lipinski definition) is 4. The Hall–Kier alpha value is -2.50. The zero-order chi connectivity index (χ0) is 16.4. The molecule has 1 unspecified atom stereocenters. The summed E-state index contributed by atoms with van der Waals surface area (Å²) >= 11 is 0. The molecule has 1 N–H and O–H groups in total. The Balaban J connectivity index is 1.80. The molecular weight excluding hydrogens is 294 g/mol. The number of amides is 1. The lowest BCUT2D eigenvalue weighted by Crippen LogP contribution is -2.28. The van der Waals surface area contributed by atoms with Crippen molar-refractivity contribution in [1.82, 2.24) is 15.1 Å². The molecule has 0 radical (unpaired) electrons. The summed E-state index contributed by atoms with van der Waals surface area (Å²) in [6, 6.07) is 5.73. The first-order valence-electron chi connectivity index (χ1n) is 7.79. The first-order chi connectivity index (χ1) is 11.1. The Morgan fingerprint density at radius 3 is 2.74 bits per heavy atom. The van der Waals surface area contributed by atoms with Gasteiger partial charge in [-0.25, -0.2) is 0 Å². The molecule has 1 aromatic heterocycles. The van der Waals surface area contributed by atoms with E-state index in [2.05, 4.69) is 10.4 Å². The van der Waals surface area contributed by atoms with E-state index in [1.807, 2.05) is 39.1 Å². The van der Waals surface area contributed by atoms with Gasteiger partial charge in [0.15, 0.2) is 11.5 Å². The first-order valence-corrected chi connectivity index (χ1v) is 7.79. The summed E-state index contributed by atoms with van der Waals surface area (Å²) in [6.45, 7) is 5.04. The molecule has 0 fully saturated rings. The third-order valence-electron chi connectivity index (χ3n) is 4.16. The highest BCUT2D eigenvalue weighted by Gasteiger charge is 2.20. The maximum atomic E-state index is 12.5. The van der Waals surface area contributed by atoms with E-state index in [0.29, 0.717) is 18.8 Å². The second kappa shape index (κ2) is 6.32. The van der Waals surface area contributed by atoms with Crippen LogP contribution in [-0.2, 0) is 7.05 Å². The van der Waals surface area contributed by atoms with E-state index in [9.17, 15) is 4.79 Å². The maximum absolute atomic E-state index is 12.5. The lowest BCUT2D eigenvalue weighted by atomic mass is 10.0. The van der Waals surface area contributed by atoms with Crippen molar-refractivity contribution in [3.05, 3.63) is 41.2 Å². The predicted octanol–water partition coefficient (Wildman–Crippen LogP) is 2.38. The standard InChI is InChI=1S/C17H21N3O3/c1-4-14(19-17(21)13-10-18-20(3)11(13)2)12-5-6-15-16(9-12)23-8-7-22-15/h5-6,9-10,14H,4,7-8H2,1-3H3,(H,19,21). The molecule has 1 amide bonds. The average Bonchev–Trinajstić information content (AvgIpc) is 2.91. The molecule has 1 aliphatic heterocycles. The predicted molar refractivity (Wildman–Crippen MR) is 85.9 cm³/mol. The number of carbonyl (C=O) groups is 1. The summed E-state index contributed by atoms with van der Waals surface area (Å²) in [5.74, 6) is 1.38. The highest BCUT2D eigenvalue weighted by Crippen LogP contribution is 2.33. The number of hydrogen-bond donors (Lipinski definition) is 1.